The molecule has 4 saturated carbocycles. The predicted octanol–water partition coefficient (Wildman–Crippen LogP) is 5.57. The molecule has 0 aromatic heterocycles. The van der Waals surface area contributed by atoms with Crippen LogP contribution in [-0.4, -0.2) is 38.4 Å². The highest BCUT2D eigenvalue weighted by atomic mass is 32.2. The molecule has 0 aromatic carbocycles. The first-order chi connectivity index (χ1) is 12.6. The van der Waals surface area contributed by atoms with Gasteiger partial charge < -0.3 is 5.11 Å². The minimum atomic E-state index is -0.635. The summed E-state index contributed by atoms with van der Waals surface area (Å²) in [7, 11) is 14.8. The molecule has 0 amide bonds. The zero-order valence-corrected chi connectivity index (χ0v) is 18.8. The summed E-state index contributed by atoms with van der Waals surface area (Å²) in [4.78, 5) is 0. The second-order valence-electron chi connectivity index (χ2n) is 11.3. The lowest BCUT2D eigenvalue weighted by Crippen LogP contribution is -2.63. The molecule has 1 nitrogen and oxygen atoms in total. The minimum absolute atomic E-state index is 0.0315. The van der Waals surface area contributed by atoms with E-state index in [1.54, 1.807) is 0 Å². The Morgan fingerprint density at radius 1 is 0.963 bits per heavy atom. The molecule has 0 aromatic rings. The van der Waals surface area contributed by atoms with Gasteiger partial charge >= 0.3 is 0 Å². The van der Waals surface area contributed by atoms with Crippen LogP contribution in [0.1, 0.15) is 85.0 Å². The molecular formula is C23H38B2OS. The Bertz CT molecular complexity index is 597. The third kappa shape index (κ3) is 2.63. The molecule has 0 heterocycles. The fourth-order valence-corrected chi connectivity index (χ4v) is 10.0. The quantitative estimate of drug-likeness (QED) is 0.642. The van der Waals surface area contributed by atoms with Crippen molar-refractivity contribution in [2.45, 2.75) is 101 Å². The Morgan fingerprint density at radius 3 is 2.37 bits per heavy atom. The van der Waals surface area contributed by atoms with Crippen molar-refractivity contribution in [2.24, 2.45) is 28.6 Å². The van der Waals surface area contributed by atoms with E-state index < -0.39 is 5.60 Å². The number of rotatable bonds is 3. The van der Waals surface area contributed by atoms with Crippen LogP contribution in [0.4, 0.5) is 0 Å². The number of aliphatic hydroxyl groups is 1. The lowest BCUT2D eigenvalue weighted by Gasteiger charge is -2.73. The van der Waals surface area contributed by atoms with Crippen molar-refractivity contribution in [1.29, 1.82) is 0 Å². The van der Waals surface area contributed by atoms with Gasteiger partial charge in [0.1, 0.15) is 0 Å². The van der Waals surface area contributed by atoms with Gasteiger partial charge in [0.2, 0.25) is 0 Å². The van der Waals surface area contributed by atoms with Gasteiger partial charge in [-0.05, 0) is 86.0 Å². The normalized spacial score (nSPS) is 57.6. The molecule has 4 aliphatic carbocycles. The standard InChI is InChI=1S/C23H38B2OS/c1-5-16-6-7-17-18-8-9-22(24)14-19(2,26)10-12-21(22,15-27-4)23(18,25)13-11-20(16,17)3/h16-18,26H,5-15H2,1-4H3/t16-,17-,18-,19+,20+,21+,22-,23+/m0/s1. The fraction of sp³-hybridized carbons (Fsp3) is 1.00. The van der Waals surface area contributed by atoms with Crippen LogP contribution >= 0.6 is 11.8 Å². The zero-order chi connectivity index (χ0) is 19.7. The number of hydrogen-bond donors (Lipinski definition) is 1. The second-order valence-corrected chi connectivity index (χ2v) is 12.2. The topological polar surface area (TPSA) is 20.2 Å². The van der Waals surface area contributed by atoms with Crippen molar-refractivity contribution in [3.8, 4) is 0 Å². The summed E-state index contributed by atoms with van der Waals surface area (Å²) in [6, 6.07) is 0. The molecule has 0 bridgehead atoms. The maximum absolute atomic E-state index is 10.9. The average molecular weight is 384 g/mol. The summed E-state index contributed by atoms with van der Waals surface area (Å²) in [6.07, 6.45) is 13.4. The Labute approximate surface area is 174 Å². The van der Waals surface area contributed by atoms with Gasteiger partial charge in [-0.25, -0.2) is 0 Å². The minimum Gasteiger partial charge on any atom is -0.390 e. The van der Waals surface area contributed by atoms with Gasteiger partial charge in [-0.3, -0.25) is 0 Å². The average Bonchev–Trinajstić information content (AvgIpc) is 2.92. The smallest absolute Gasteiger partial charge is 0.0758 e. The molecule has 4 fully saturated rings. The molecule has 8 atom stereocenters. The van der Waals surface area contributed by atoms with Crippen molar-refractivity contribution in [1.82, 2.24) is 0 Å². The van der Waals surface area contributed by atoms with Gasteiger partial charge in [0.25, 0.3) is 0 Å². The molecule has 4 aliphatic rings. The molecular weight excluding hydrogens is 346 g/mol. The molecule has 0 spiro atoms. The third-order valence-corrected chi connectivity index (χ3v) is 11.0. The first kappa shape index (κ1) is 20.7. The van der Waals surface area contributed by atoms with Crippen LogP contribution in [0.2, 0.25) is 10.6 Å². The monoisotopic (exact) mass is 384 g/mol. The highest BCUT2D eigenvalue weighted by Gasteiger charge is 2.69. The summed E-state index contributed by atoms with van der Waals surface area (Å²) in [5.41, 5.74) is -0.183. The Kier molecular flexibility index (Phi) is 4.96. The van der Waals surface area contributed by atoms with Crippen molar-refractivity contribution >= 4 is 27.5 Å². The van der Waals surface area contributed by atoms with E-state index in [4.69, 9.17) is 15.7 Å². The van der Waals surface area contributed by atoms with Gasteiger partial charge in [-0.2, -0.15) is 11.8 Å². The summed E-state index contributed by atoms with van der Waals surface area (Å²) < 4.78 is 0. The molecule has 0 unspecified atom stereocenters. The van der Waals surface area contributed by atoms with Crippen LogP contribution in [-0.2, 0) is 0 Å². The van der Waals surface area contributed by atoms with E-state index in [0.717, 1.165) is 49.7 Å². The van der Waals surface area contributed by atoms with Crippen LogP contribution in [0.25, 0.3) is 0 Å². The molecule has 148 valence electrons. The first-order valence-corrected chi connectivity index (χ1v) is 12.8. The second kappa shape index (κ2) is 6.47. The van der Waals surface area contributed by atoms with Crippen LogP contribution in [0.3, 0.4) is 0 Å². The molecule has 4 heteroatoms. The van der Waals surface area contributed by atoms with Crippen molar-refractivity contribution in [2.75, 3.05) is 12.0 Å². The maximum atomic E-state index is 10.9. The summed E-state index contributed by atoms with van der Waals surface area (Å²) in [6.45, 7) is 6.95. The molecule has 0 saturated heterocycles. The third-order valence-electron chi connectivity index (χ3n) is 10.2. The number of fused-ring (bicyclic) bond motifs is 5. The molecule has 4 radical (unpaired) electrons. The largest absolute Gasteiger partial charge is 0.390 e. The highest BCUT2D eigenvalue weighted by molar-refractivity contribution is 7.98. The summed E-state index contributed by atoms with van der Waals surface area (Å²) in [5.74, 6) is 3.31. The van der Waals surface area contributed by atoms with E-state index in [9.17, 15) is 5.11 Å². The van der Waals surface area contributed by atoms with E-state index in [1.165, 1.54) is 25.7 Å². The van der Waals surface area contributed by atoms with Gasteiger partial charge in [-0.15, -0.1) is 0 Å². The Morgan fingerprint density at radius 2 is 1.70 bits per heavy atom. The Hall–Kier alpha value is 0.440. The van der Waals surface area contributed by atoms with Gasteiger partial charge in [0, 0.05) is 0 Å². The predicted molar refractivity (Wildman–Crippen MR) is 119 cm³/mol. The highest BCUT2D eigenvalue weighted by Crippen LogP contribution is 2.80. The van der Waals surface area contributed by atoms with Gasteiger partial charge in [-0.1, -0.05) is 50.2 Å². The van der Waals surface area contributed by atoms with Gasteiger partial charge in [0.05, 0.1) is 21.3 Å². The van der Waals surface area contributed by atoms with Crippen molar-refractivity contribution in [3.05, 3.63) is 0 Å². The lowest BCUT2D eigenvalue weighted by atomic mass is 9.25. The van der Waals surface area contributed by atoms with E-state index in [2.05, 4.69) is 20.1 Å². The summed E-state index contributed by atoms with van der Waals surface area (Å²) >= 11 is 1.93. The fourth-order valence-electron chi connectivity index (χ4n) is 8.84. The summed E-state index contributed by atoms with van der Waals surface area (Å²) in [5, 5.41) is 10.4. The van der Waals surface area contributed by atoms with Crippen LogP contribution < -0.4 is 0 Å². The Balaban J connectivity index is 1.76. The lowest BCUT2D eigenvalue weighted by molar-refractivity contribution is -0.126. The van der Waals surface area contributed by atoms with E-state index in [-0.39, 0.29) is 16.0 Å². The van der Waals surface area contributed by atoms with E-state index >= 15 is 0 Å². The molecule has 4 rings (SSSR count). The van der Waals surface area contributed by atoms with Gasteiger partial charge in [0.15, 0.2) is 0 Å². The van der Waals surface area contributed by atoms with E-state index in [1.807, 2.05) is 18.7 Å². The first-order valence-electron chi connectivity index (χ1n) is 11.4. The SMILES string of the molecule is [B][C@]12CC[C@H]3[C@@H]4CC[C@H](CC)[C@@]4(C)CC[C@]3([B])[C@@]1(CSC)CC[C@@](C)(O)C2. The van der Waals surface area contributed by atoms with Crippen LogP contribution in [0.5, 0.6) is 0 Å². The maximum Gasteiger partial charge on any atom is 0.0758 e. The van der Waals surface area contributed by atoms with Crippen molar-refractivity contribution in [3.63, 3.8) is 0 Å². The molecule has 1 N–H and O–H groups in total. The number of hydrogen-bond acceptors (Lipinski definition) is 2. The molecule has 27 heavy (non-hydrogen) atoms. The zero-order valence-electron chi connectivity index (χ0n) is 18.0. The molecule has 0 aliphatic heterocycles. The van der Waals surface area contributed by atoms with Crippen LogP contribution in [0.15, 0.2) is 0 Å². The number of thioether (sulfide) groups is 1. The van der Waals surface area contributed by atoms with E-state index in [0.29, 0.717) is 17.8 Å². The van der Waals surface area contributed by atoms with Crippen LogP contribution in [0, 0.1) is 28.6 Å². The van der Waals surface area contributed by atoms with Crippen molar-refractivity contribution < 1.29 is 5.11 Å².